The number of allylic oxidation sites excluding steroid dienone is 1. The molecule has 0 aliphatic carbocycles. The van der Waals surface area contributed by atoms with E-state index in [1.165, 1.54) is 16.4 Å². The molecule has 0 aliphatic heterocycles. The Labute approximate surface area is 197 Å². The molecule has 2 aromatic heterocycles. The monoisotopic (exact) mass is 468 g/mol. The Morgan fingerprint density at radius 1 is 1.24 bits per heavy atom. The molecule has 9 heteroatoms. The Morgan fingerprint density at radius 2 is 1.97 bits per heavy atom. The number of rotatable bonds is 8. The molecule has 1 aromatic carbocycles. The van der Waals surface area contributed by atoms with Crippen molar-refractivity contribution in [3.8, 4) is 11.6 Å². The predicted octanol–water partition coefficient (Wildman–Crippen LogP) is 5.56. The van der Waals surface area contributed by atoms with Gasteiger partial charge in [-0.1, -0.05) is 36.9 Å². The number of aryl methyl sites for hydroxylation is 1. The smallest absolute Gasteiger partial charge is 0.422 e. The van der Waals surface area contributed by atoms with Gasteiger partial charge in [0.15, 0.2) is 5.76 Å². The highest BCUT2D eigenvalue weighted by atomic mass is 32.2. The third-order valence-electron chi connectivity index (χ3n) is 4.50. The van der Waals surface area contributed by atoms with Crippen LogP contribution in [0.5, 0.6) is 0 Å². The second-order valence-electron chi connectivity index (χ2n) is 8.27. The maximum atomic E-state index is 13.0. The lowest BCUT2D eigenvalue weighted by atomic mass is 10.1. The van der Waals surface area contributed by atoms with Gasteiger partial charge < -0.3 is 14.5 Å². The van der Waals surface area contributed by atoms with Gasteiger partial charge in [-0.15, -0.1) is 16.8 Å². The molecule has 8 nitrogen and oxygen atoms in total. The maximum Gasteiger partial charge on any atom is 0.422 e. The highest BCUT2D eigenvalue weighted by Gasteiger charge is 2.29. The molecule has 0 spiro atoms. The predicted molar refractivity (Wildman–Crippen MR) is 128 cm³/mol. The fourth-order valence-corrected chi connectivity index (χ4v) is 3.92. The van der Waals surface area contributed by atoms with Crippen molar-refractivity contribution < 1.29 is 18.7 Å². The van der Waals surface area contributed by atoms with Gasteiger partial charge in [0.25, 0.3) is 0 Å². The fourth-order valence-electron chi connectivity index (χ4n) is 2.92. The zero-order valence-electron chi connectivity index (χ0n) is 19.2. The van der Waals surface area contributed by atoms with Crippen LogP contribution in [0.25, 0.3) is 11.6 Å². The zero-order chi connectivity index (χ0) is 24.0. The van der Waals surface area contributed by atoms with E-state index >= 15 is 0 Å². The van der Waals surface area contributed by atoms with E-state index in [4.69, 9.17) is 9.15 Å². The first-order valence-electron chi connectivity index (χ1n) is 10.6. The van der Waals surface area contributed by atoms with Crippen molar-refractivity contribution in [2.24, 2.45) is 0 Å². The van der Waals surface area contributed by atoms with Crippen molar-refractivity contribution >= 4 is 29.4 Å². The van der Waals surface area contributed by atoms with Crippen LogP contribution in [-0.2, 0) is 16.0 Å². The number of anilines is 1. The number of hydrogen-bond acceptors (Lipinski definition) is 7. The molecule has 0 radical (unpaired) electrons. The number of amides is 1. The number of carbonyl (C=O) groups excluding carboxylic acids is 2. The molecule has 0 saturated heterocycles. The van der Waals surface area contributed by atoms with E-state index in [1.807, 2.05) is 24.3 Å². The minimum absolute atomic E-state index is 0.199. The van der Waals surface area contributed by atoms with Gasteiger partial charge >= 0.3 is 6.09 Å². The number of aromatic nitrogens is 3. The Bertz CT molecular complexity index is 1100. The van der Waals surface area contributed by atoms with Crippen molar-refractivity contribution in [2.45, 2.75) is 56.5 Å². The summed E-state index contributed by atoms with van der Waals surface area (Å²) in [6.45, 7) is 11.1. The molecule has 33 heavy (non-hydrogen) atoms. The van der Waals surface area contributed by atoms with Gasteiger partial charge in [-0.25, -0.2) is 9.36 Å². The van der Waals surface area contributed by atoms with E-state index < -0.39 is 16.9 Å². The van der Waals surface area contributed by atoms with Gasteiger partial charge in [-0.05, 0) is 63.4 Å². The Hall–Kier alpha value is -3.33. The lowest BCUT2D eigenvalue weighted by molar-refractivity contribution is -0.115. The normalized spacial score (nSPS) is 12.2. The van der Waals surface area contributed by atoms with Crippen LogP contribution in [0.1, 0.15) is 39.7 Å². The second-order valence-corrected chi connectivity index (χ2v) is 9.44. The van der Waals surface area contributed by atoms with Crippen molar-refractivity contribution in [3.05, 3.63) is 60.9 Å². The summed E-state index contributed by atoms with van der Waals surface area (Å²) < 4.78 is 12.2. The van der Waals surface area contributed by atoms with Gasteiger partial charge in [0.1, 0.15) is 5.60 Å². The molecule has 1 N–H and O–H groups in total. The van der Waals surface area contributed by atoms with Crippen LogP contribution in [0.3, 0.4) is 0 Å². The average Bonchev–Trinajstić information content (AvgIpc) is 3.42. The molecule has 2 heterocycles. The van der Waals surface area contributed by atoms with E-state index in [0.717, 1.165) is 18.2 Å². The molecule has 0 bridgehead atoms. The molecule has 0 aliphatic rings. The largest absolute Gasteiger partial charge is 0.461 e. The second kappa shape index (κ2) is 10.5. The van der Waals surface area contributed by atoms with Crippen LogP contribution >= 0.6 is 11.8 Å². The first-order chi connectivity index (χ1) is 15.7. The first-order valence-corrected chi connectivity index (χ1v) is 11.5. The molecule has 174 valence electrons. The maximum absolute atomic E-state index is 13.0. The van der Waals surface area contributed by atoms with E-state index in [9.17, 15) is 9.59 Å². The topological polar surface area (TPSA) is 99.2 Å². The lowest BCUT2D eigenvalue weighted by Gasteiger charge is -2.21. The van der Waals surface area contributed by atoms with Crippen LogP contribution in [0, 0.1) is 0 Å². The summed E-state index contributed by atoms with van der Waals surface area (Å²) in [4.78, 5) is 26.0. The Balaban J connectivity index is 1.88. The molecule has 3 aromatic rings. The Kier molecular flexibility index (Phi) is 7.75. The number of nitrogens with one attached hydrogen (secondary N) is 1. The number of carbonyl (C=O) groups is 2. The summed E-state index contributed by atoms with van der Waals surface area (Å²) in [6.07, 6.45) is 3.75. The molecular weight excluding hydrogens is 440 g/mol. The fraction of sp³-hybridized carbons (Fsp3) is 0.333. The van der Waals surface area contributed by atoms with Gasteiger partial charge in [0.05, 0.1) is 11.5 Å². The standard InChI is InChI=1S/C24H28N4O4S/c1-6-9-19(21(29)25-17-13-11-16(7-2)12-14-17)33-22-27-26-20(18-10-8-15-31-18)28(22)23(30)32-24(3,4)5/h6,8,10-15,19H,1,7,9H2,2-5H3,(H,25,29). The number of hydrogen-bond donors (Lipinski definition) is 1. The highest BCUT2D eigenvalue weighted by Crippen LogP contribution is 2.30. The molecule has 0 saturated carbocycles. The highest BCUT2D eigenvalue weighted by molar-refractivity contribution is 8.00. The molecular formula is C24H28N4O4S. The van der Waals surface area contributed by atoms with Crippen LogP contribution in [0.2, 0.25) is 0 Å². The quantitative estimate of drug-likeness (QED) is 0.341. The number of thioether (sulfide) groups is 1. The third kappa shape index (κ3) is 6.35. The van der Waals surface area contributed by atoms with E-state index in [0.29, 0.717) is 17.9 Å². The first kappa shape index (κ1) is 24.3. The van der Waals surface area contributed by atoms with Crippen LogP contribution < -0.4 is 5.32 Å². The van der Waals surface area contributed by atoms with Gasteiger partial charge in [-0.2, -0.15) is 0 Å². The summed E-state index contributed by atoms with van der Waals surface area (Å²) in [5.41, 5.74) is 1.14. The lowest BCUT2D eigenvalue weighted by Crippen LogP contribution is -2.29. The van der Waals surface area contributed by atoms with Crippen molar-refractivity contribution in [1.82, 2.24) is 14.8 Å². The summed E-state index contributed by atoms with van der Waals surface area (Å²) >= 11 is 1.11. The Morgan fingerprint density at radius 3 is 2.55 bits per heavy atom. The zero-order valence-corrected chi connectivity index (χ0v) is 20.0. The van der Waals surface area contributed by atoms with Crippen molar-refractivity contribution in [2.75, 3.05) is 5.32 Å². The number of nitrogens with zero attached hydrogens (tertiary/aromatic N) is 3. The SMILES string of the molecule is C=CCC(Sc1nnc(-c2ccco2)n1C(=O)OC(C)(C)C)C(=O)Nc1ccc(CC)cc1. The number of benzene rings is 1. The molecule has 3 rings (SSSR count). The van der Waals surface area contributed by atoms with E-state index in [-0.39, 0.29) is 16.9 Å². The molecule has 1 unspecified atom stereocenters. The van der Waals surface area contributed by atoms with Gasteiger partial charge in [0.2, 0.25) is 16.9 Å². The van der Waals surface area contributed by atoms with Crippen LogP contribution in [-0.4, -0.2) is 37.6 Å². The van der Waals surface area contributed by atoms with E-state index in [1.54, 1.807) is 39.0 Å². The molecule has 1 atom stereocenters. The molecule has 1 amide bonds. The van der Waals surface area contributed by atoms with E-state index in [2.05, 4.69) is 29.0 Å². The number of ether oxygens (including phenoxy) is 1. The van der Waals surface area contributed by atoms with Crippen LogP contribution in [0.15, 0.2) is 64.9 Å². The van der Waals surface area contributed by atoms with Gasteiger partial charge in [0, 0.05) is 5.69 Å². The van der Waals surface area contributed by atoms with Gasteiger partial charge in [-0.3, -0.25) is 4.79 Å². The number of furan rings is 1. The van der Waals surface area contributed by atoms with Crippen molar-refractivity contribution in [3.63, 3.8) is 0 Å². The summed E-state index contributed by atoms with van der Waals surface area (Å²) in [7, 11) is 0. The minimum atomic E-state index is -0.730. The summed E-state index contributed by atoms with van der Waals surface area (Å²) in [5.74, 6) is 0.327. The summed E-state index contributed by atoms with van der Waals surface area (Å²) in [5, 5.41) is 10.8. The average molecular weight is 469 g/mol. The van der Waals surface area contributed by atoms with Crippen molar-refractivity contribution in [1.29, 1.82) is 0 Å². The van der Waals surface area contributed by atoms with Crippen LogP contribution in [0.4, 0.5) is 10.5 Å². The minimum Gasteiger partial charge on any atom is -0.461 e. The third-order valence-corrected chi connectivity index (χ3v) is 5.67. The summed E-state index contributed by atoms with van der Waals surface area (Å²) in [6, 6.07) is 11.0. The molecule has 0 fully saturated rings.